The molecule has 0 spiro atoms. The predicted molar refractivity (Wildman–Crippen MR) is 94.2 cm³/mol. The first kappa shape index (κ1) is 15.0. The molecule has 5 heteroatoms. The second kappa shape index (κ2) is 6.54. The van der Waals surface area contributed by atoms with Gasteiger partial charge < -0.3 is 14.4 Å². The predicted octanol–water partition coefficient (Wildman–Crippen LogP) is 3.92. The van der Waals surface area contributed by atoms with Crippen LogP contribution in [0, 0.1) is 11.3 Å². The van der Waals surface area contributed by atoms with Gasteiger partial charge in [0, 0.05) is 11.6 Å². The van der Waals surface area contributed by atoms with Gasteiger partial charge in [-0.3, -0.25) is 4.98 Å². The van der Waals surface area contributed by atoms with Gasteiger partial charge >= 0.3 is 0 Å². The van der Waals surface area contributed by atoms with Crippen molar-refractivity contribution in [1.82, 2.24) is 4.98 Å². The van der Waals surface area contributed by atoms with Gasteiger partial charge in [-0.25, -0.2) is 0 Å². The second-order valence-corrected chi connectivity index (χ2v) is 5.61. The quantitative estimate of drug-likeness (QED) is 0.726. The molecule has 0 bridgehead atoms. The Hall–Kier alpha value is -3.52. The fraction of sp³-hybridized carbons (Fsp3) is 0.100. The normalized spacial score (nSPS) is 12.8. The summed E-state index contributed by atoms with van der Waals surface area (Å²) in [5, 5.41) is 10.5. The van der Waals surface area contributed by atoms with Crippen LogP contribution < -0.4 is 4.90 Å². The van der Waals surface area contributed by atoms with Gasteiger partial charge in [0.15, 0.2) is 0 Å². The highest BCUT2D eigenvalue weighted by Gasteiger charge is 2.23. The molecule has 0 saturated carbocycles. The van der Waals surface area contributed by atoms with E-state index >= 15 is 0 Å². The zero-order chi connectivity index (χ0) is 17.1. The summed E-state index contributed by atoms with van der Waals surface area (Å²) in [7, 11) is 0. The topological polar surface area (TPSA) is 58.4 Å². The SMILES string of the molecule is N#Cc1cnc2ccccc2c1N(Cc1ccccc1)C1=COCO1. The van der Waals surface area contributed by atoms with E-state index in [1.54, 1.807) is 12.5 Å². The van der Waals surface area contributed by atoms with Crippen LogP contribution in [0.25, 0.3) is 10.9 Å². The molecule has 0 radical (unpaired) electrons. The lowest BCUT2D eigenvalue weighted by Crippen LogP contribution is -2.23. The molecule has 25 heavy (non-hydrogen) atoms. The standard InChI is InChI=1S/C20H15N3O2/c21-10-16-11-22-18-9-5-4-8-17(18)20(16)23(19-13-24-14-25-19)12-15-6-2-1-3-7-15/h1-9,11,13H,12,14H2. The maximum absolute atomic E-state index is 9.63. The second-order valence-electron chi connectivity index (χ2n) is 5.61. The van der Waals surface area contributed by atoms with Crippen LogP contribution in [0.5, 0.6) is 0 Å². The molecule has 1 aromatic heterocycles. The maximum Gasteiger partial charge on any atom is 0.233 e. The molecule has 3 aromatic rings. The number of para-hydroxylation sites is 1. The molecule has 0 unspecified atom stereocenters. The van der Waals surface area contributed by atoms with Crippen molar-refractivity contribution in [3.05, 3.63) is 84.1 Å². The van der Waals surface area contributed by atoms with Crippen molar-refractivity contribution in [3.63, 3.8) is 0 Å². The molecule has 0 aliphatic carbocycles. The molecule has 0 atom stereocenters. The van der Waals surface area contributed by atoms with Gasteiger partial charge in [-0.1, -0.05) is 48.5 Å². The lowest BCUT2D eigenvalue weighted by Gasteiger charge is -2.26. The average molecular weight is 329 g/mol. The van der Waals surface area contributed by atoms with E-state index in [2.05, 4.69) is 11.1 Å². The number of anilines is 1. The molecule has 4 rings (SSSR count). The number of nitriles is 1. The molecule has 0 saturated heterocycles. The fourth-order valence-corrected chi connectivity index (χ4v) is 2.91. The zero-order valence-corrected chi connectivity index (χ0v) is 13.4. The van der Waals surface area contributed by atoms with Crippen molar-refractivity contribution in [3.8, 4) is 6.07 Å². The smallest absolute Gasteiger partial charge is 0.233 e. The third-order valence-electron chi connectivity index (χ3n) is 4.05. The number of rotatable bonds is 4. The van der Waals surface area contributed by atoms with Crippen LogP contribution in [0.1, 0.15) is 11.1 Å². The van der Waals surface area contributed by atoms with E-state index in [-0.39, 0.29) is 6.79 Å². The van der Waals surface area contributed by atoms with Gasteiger partial charge in [0.2, 0.25) is 12.7 Å². The molecule has 2 heterocycles. The lowest BCUT2D eigenvalue weighted by atomic mass is 10.1. The number of nitrogens with zero attached hydrogens (tertiary/aromatic N) is 3. The summed E-state index contributed by atoms with van der Waals surface area (Å²) in [6.45, 7) is 0.726. The van der Waals surface area contributed by atoms with Crippen molar-refractivity contribution in [2.24, 2.45) is 0 Å². The third kappa shape index (κ3) is 2.86. The van der Waals surface area contributed by atoms with E-state index in [1.165, 1.54) is 0 Å². The first-order chi connectivity index (χ1) is 12.4. The Morgan fingerprint density at radius 3 is 2.64 bits per heavy atom. The first-order valence-corrected chi connectivity index (χ1v) is 7.90. The highest BCUT2D eigenvalue weighted by molar-refractivity contribution is 5.95. The maximum atomic E-state index is 9.63. The molecular formula is C20H15N3O2. The van der Waals surface area contributed by atoms with Crippen LogP contribution in [0.15, 0.2) is 72.9 Å². The van der Waals surface area contributed by atoms with Gasteiger partial charge in [0.1, 0.15) is 12.3 Å². The third-order valence-corrected chi connectivity index (χ3v) is 4.05. The minimum absolute atomic E-state index is 0.172. The van der Waals surface area contributed by atoms with Gasteiger partial charge in [-0.2, -0.15) is 5.26 Å². The Kier molecular flexibility index (Phi) is 3.93. The van der Waals surface area contributed by atoms with Crippen molar-refractivity contribution in [2.75, 3.05) is 11.7 Å². The Balaban J connectivity index is 1.90. The van der Waals surface area contributed by atoms with Crippen LogP contribution in [0.3, 0.4) is 0 Å². The van der Waals surface area contributed by atoms with Crippen LogP contribution >= 0.6 is 0 Å². The summed E-state index contributed by atoms with van der Waals surface area (Å²) in [5.41, 5.74) is 3.19. The zero-order valence-electron chi connectivity index (χ0n) is 13.4. The summed E-state index contributed by atoms with van der Waals surface area (Å²) in [5.74, 6) is 0.580. The minimum Gasteiger partial charge on any atom is -0.459 e. The Labute approximate surface area is 145 Å². The van der Waals surface area contributed by atoms with Crippen LogP contribution in [0.2, 0.25) is 0 Å². The van der Waals surface area contributed by atoms with Crippen molar-refractivity contribution >= 4 is 16.6 Å². The van der Waals surface area contributed by atoms with Crippen LogP contribution in [-0.2, 0) is 16.0 Å². The number of fused-ring (bicyclic) bond motifs is 1. The number of pyridine rings is 1. The molecule has 0 amide bonds. The summed E-state index contributed by atoms with van der Waals surface area (Å²) >= 11 is 0. The van der Waals surface area contributed by atoms with Gasteiger partial charge in [0.25, 0.3) is 0 Å². The highest BCUT2D eigenvalue weighted by Crippen LogP contribution is 2.34. The number of benzene rings is 2. The molecule has 2 aromatic carbocycles. The molecule has 1 aliphatic rings. The average Bonchev–Trinajstić information content (AvgIpc) is 3.21. The van der Waals surface area contributed by atoms with Gasteiger partial charge in [0.05, 0.1) is 23.3 Å². The largest absolute Gasteiger partial charge is 0.459 e. The molecule has 122 valence electrons. The summed E-state index contributed by atoms with van der Waals surface area (Å²) in [4.78, 5) is 6.35. The highest BCUT2D eigenvalue weighted by atomic mass is 16.7. The number of hydrogen-bond acceptors (Lipinski definition) is 5. The number of ether oxygens (including phenoxy) is 2. The van der Waals surface area contributed by atoms with E-state index in [1.807, 2.05) is 59.5 Å². The molecule has 1 aliphatic heterocycles. The number of aromatic nitrogens is 1. The van der Waals surface area contributed by atoms with Gasteiger partial charge in [-0.15, -0.1) is 0 Å². The minimum atomic E-state index is 0.172. The van der Waals surface area contributed by atoms with E-state index in [0.29, 0.717) is 18.0 Å². The summed E-state index contributed by atoms with van der Waals surface area (Å²) < 4.78 is 10.9. The molecule has 0 fully saturated rings. The first-order valence-electron chi connectivity index (χ1n) is 7.90. The summed E-state index contributed by atoms with van der Waals surface area (Å²) in [6.07, 6.45) is 3.19. The molecule has 0 N–H and O–H groups in total. The van der Waals surface area contributed by atoms with Gasteiger partial charge in [-0.05, 0) is 11.6 Å². The van der Waals surface area contributed by atoms with E-state index in [9.17, 15) is 5.26 Å². The Bertz CT molecular complexity index is 977. The molecular weight excluding hydrogens is 314 g/mol. The monoisotopic (exact) mass is 329 g/mol. The van der Waals surface area contributed by atoms with Crippen molar-refractivity contribution in [1.29, 1.82) is 5.26 Å². The lowest BCUT2D eigenvalue weighted by molar-refractivity contribution is 0.0782. The van der Waals surface area contributed by atoms with Crippen LogP contribution in [0.4, 0.5) is 5.69 Å². The van der Waals surface area contributed by atoms with Crippen molar-refractivity contribution in [2.45, 2.75) is 6.54 Å². The van der Waals surface area contributed by atoms with Crippen LogP contribution in [-0.4, -0.2) is 11.8 Å². The fourth-order valence-electron chi connectivity index (χ4n) is 2.91. The van der Waals surface area contributed by atoms with E-state index in [4.69, 9.17) is 9.47 Å². The Morgan fingerprint density at radius 1 is 1.08 bits per heavy atom. The Morgan fingerprint density at radius 2 is 1.88 bits per heavy atom. The summed E-state index contributed by atoms with van der Waals surface area (Å²) in [6, 6.07) is 20.1. The number of hydrogen-bond donors (Lipinski definition) is 0. The van der Waals surface area contributed by atoms with E-state index in [0.717, 1.165) is 22.2 Å². The van der Waals surface area contributed by atoms with E-state index < -0.39 is 0 Å². The van der Waals surface area contributed by atoms with Crippen molar-refractivity contribution < 1.29 is 9.47 Å². The molecule has 5 nitrogen and oxygen atoms in total.